The van der Waals surface area contributed by atoms with E-state index in [1.165, 1.54) is 23.1 Å². The Morgan fingerprint density at radius 2 is 1.86 bits per heavy atom. The molecule has 0 spiro atoms. The van der Waals surface area contributed by atoms with Gasteiger partial charge >= 0.3 is 0 Å². The fourth-order valence-corrected chi connectivity index (χ4v) is 3.03. The molecule has 28 heavy (non-hydrogen) atoms. The van der Waals surface area contributed by atoms with Crippen molar-refractivity contribution in [2.75, 3.05) is 11.4 Å². The summed E-state index contributed by atoms with van der Waals surface area (Å²) in [5.41, 5.74) is 3.54. The monoisotopic (exact) mass is 389 g/mol. The molecule has 4 N–H and O–H groups in total. The number of rotatable bonds is 5. The number of carbonyl (C=O) groups is 3. The molecular formula is C19H17F2N3O4. The number of carbonyl (C=O) groups excluding carboxylic acids is 3. The van der Waals surface area contributed by atoms with Gasteiger partial charge in [0.2, 0.25) is 11.5 Å². The van der Waals surface area contributed by atoms with E-state index in [0.29, 0.717) is 11.8 Å². The minimum Gasteiger partial charge on any atom is -0.372 e. The van der Waals surface area contributed by atoms with Crippen LogP contribution in [0.4, 0.5) is 14.5 Å². The average molecular weight is 389 g/mol. The first kappa shape index (κ1) is 19.4. The number of hydrogen-bond acceptors (Lipinski definition) is 4. The number of halogens is 2. The summed E-state index contributed by atoms with van der Waals surface area (Å²) in [6.07, 6.45) is -0.185. The maximum atomic E-state index is 13.2. The van der Waals surface area contributed by atoms with Crippen LogP contribution in [0, 0.1) is 11.6 Å². The number of amides is 3. The Bertz CT molecular complexity index is 946. The summed E-state index contributed by atoms with van der Waals surface area (Å²) in [7, 11) is 0. The zero-order valence-electron chi connectivity index (χ0n) is 14.6. The van der Waals surface area contributed by atoms with E-state index < -0.39 is 35.0 Å². The molecule has 0 radical (unpaired) electrons. The molecule has 146 valence electrons. The summed E-state index contributed by atoms with van der Waals surface area (Å²) < 4.78 is 26.4. The highest BCUT2D eigenvalue weighted by molar-refractivity contribution is 6.16. The van der Waals surface area contributed by atoms with Crippen molar-refractivity contribution in [1.29, 1.82) is 0 Å². The van der Waals surface area contributed by atoms with Gasteiger partial charge < -0.3 is 21.1 Å². The summed E-state index contributed by atoms with van der Waals surface area (Å²) in [5, 5.41) is 12.9. The molecule has 0 bridgehead atoms. The van der Waals surface area contributed by atoms with Gasteiger partial charge in [0, 0.05) is 36.8 Å². The van der Waals surface area contributed by atoms with Crippen molar-refractivity contribution in [3.63, 3.8) is 0 Å². The second kappa shape index (κ2) is 7.35. The molecule has 1 unspecified atom stereocenters. The Hall–Kier alpha value is -3.33. The second-order valence-electron chi connectivity index (χ2n) is 6.44. The fraction of sp³-hybridized carbons (Fsp3) is 0.211. The zero-order valence-corrected chi connectivity index (χ0v) is 14.6. The number of hydrogen-bond donors (Lipinski definition) is 3. The van der Waals surface area contributed by atoms with E-state index in [1.807, 2.05) is 0 Å². The summed E-state index contributed by atoms with van der Waals surface area (Å²) in [6, 6.07) is 8.69. The Kier molecular flexibility index (Phi) is 5.10. The third kappa shape index (κ3) is 3.70. The maximum absolute atomic E-state index is 13.2. The van der Waals surface area contributed by atoms with E-state index in [9.17, 15) is 28.3 Å². The topological polar surface area (TPSA) is 113 Å². The normalized spacial score (nSPS) is 19.0. The second-order valence-corrected chi connectivity index (χ2v) is 6.44. The van der Waals surface area contributed by atoms with Crippen LogP contribution in [0.5, 0.6) is 0 Å². The number of nitrogens with two attached hydrogens (primary N) is 1. The van der Waals surface area contributed by atoms with Gasteiger partial charge in [-0.15, -0.1) is 0 Å². The first-order chi connectivity index (χ1) is 13.2. The molecule has 0 saturated carbocycles. The van der Waals surface area contributed by atoms with E-state index in [2.05, 4.69) is 5.32 Å². The van der Waals surface area contributed by atoms with Crippen LogP contribution in [0.3, 0.4) is 0 Å². The summed E-state index contributed by atoms with van der Waals surface area (Å²) >= 11 is 0. The smallest absolute Gasteiger partial charge is 0.268 e. The highest BCUT2D eigenvalue weighted by atomic mass is 19.1. The van der Waals surface area contributed by atoms with Gasteiger partial charge in [-0.1, -0.05) is 6.07 Å². The van der Waals surface area contributed by atoms with Crippen molar-refractivity contribution >= 4 is 23.4 Å². The quantitative estimate of drug-likeness (QED) is 0.658. The number of anilines is 1. The minimum atomic E-state index is -2.32. The molecule has 1 heterocycles. The molecule has 1 aliphatic rings. The molecule has 0 aliphatic carbocycles. The predicted octanol–water partition coefficient (Wildman–Crippen LogP) is 0.848. The molecule has 9 heteroatoms. The van der Waals surface area contributed by atoms with E-state index in [0.717, 1.165) is 12.1 Å². The van der Waals surface area contributed by atoms with Crippen molar-refractivity contribution in [1.82, 2.24) is 5.32 Å². The molecule has 3 rings (SSSR count). The van der Waals surface area contributed by atoms with Crippen LogP contribution >= 0.6 is 0 Å². The van der Waals surface area contributed by atoms with Crippen molar-refractivity contribution in [2.24, 2.45) is 5.73 Å². The van der Waals surface area contributed by atoms with E-state index in [-0.39, 0.29) is 30.6 Å². The molecule has 2 aromatic rings. The van der Waals surface area contributed by atoms with Crippen molar-refractivity contribution in [2.45, 2.75) is 18.6 Å². The third-order valence-electron chi connectivity index (χ3n) is 4.49. The van der Waals surface area contributed by atoms with Gasteiger partial charge in [-0.2, -0.15) is 0 Å². The molecular weight excluding hydrogens is 372 g/mol. The number of nitrogens with one attached hydrogen (secondary N) is 1. The van der Waals surface area contributed by atoms with Gasteiger partial charge in [0.25, 0.3) is 11.8 Å². The van der Waals surface area contributed by atoms with Crippen LogP contribution in [0.2, 0.25) is 0 Å². The van der Waals surface area contributed by atoms with E-state index in [1.54, 1.807) is 6.07 Å². The largest absolute Gasteiger partial charge is 0.372 e. The predicted molar refractivity (Wildman–Crippen MR) is 95.1 cm³/mol. The van der Waals surface area contributed by atoms with Crippen LogP contribution in [0.15, 0.2) is 42.5 Å². The highest BCUT2D eigenvalue weighted by Crippen LogP contribution is 2.29. The van der Waals surface area contributed by atoms with Gasteiger partial charge in [0.15, 0.2) is 0 Å². The van der Waals surface area contributed by atoms with Gasteiger partial charge in [-0.3, -0.25) is 14.4 Å². The Morgan fingerprint density at radius 3 is 2.50 bits per heavy atom. The van der Waals surface area contributed by atoms with Crippen LogP contribution in [-0.2, 0) is 16.1 Å². The van der Waals surface area contributed by atoms with Gasteiger partial charge in [-0.25, -0.2) is 8.78 Å². The SMILES string of the molecule is NC(=O)c1cccc(N2CCC(O)(C(=O)NCc3cc(F)cc(F)c3)C2=O)c1. The lowest BCUT2D eigenvalue weighted by Crippen LogP contribution is -2.52. The lowest BCUT2D eigenvalue weighted by Gasteiger charge is -2.22. The van der Waals surface area contributed by atoms with Crippen LogP contribution in [0.1, 0.15) is 22.3 Å². The molecule has 1 aliphatic heterocycles. The summed E-state index contributed by atoms with van der Waals surface area (Å²) in [4.78, 5) is 37.5. The van der Waals surface area contributed by atoms with Crippen LogP contribution in [0.25, 0.3) is 0 Å². The van der Waals surface area contributed by atoms with Gasteiger partial charge in [0.05, 0.1) is 0 Å². The molecule has 0 aromatic heterocycles. The Labute approximate surface area is 158 Å². The van der Waals surface area contributed by atoms with Crippen LogP contribution in [-0.4, -0.2) is 35.0 Å². The molecule has 1 saturated heterocycles. The molecule has 7 nitrogen and oxygen atoms in total. The Morgan fingerprint density at radius 1 is 1.18 bits per heavy atom. The van der Waals surface area contributed by atoms with Gasteiger partial charge in [-0.05, 0) is 35.9 Å². The zero-order chi connectivity index (χ0) is 20.5. The summed E-state index contributed by atoms with van der Waals surface area (Å²) in [5.74, 6) is -4.13. The molecule has 1 fully saturated rings. The lowest BCUT2D eigenvalue weighted by molar-refractivity contribution is -0.149. The number of nitrogens with zero attached hydrogens (tertiary/aromatic N) is 1. The first-order valence-corrected chi connectivity index (χ1v) is 8.38. The number of primary amides is 1. The Balaban J connectivity index is 1.73. The standard InChI is InChI=1S/C19H17F2N3O4/c20-13-6-11(7-14(21)9-13)10-23-17(26)19(28)4-5-24(18(19)27)15-3-1-2-12(8-15)16(22)25/h1-3,6-9,28H,4-5,10H2,(H2,22,25)(H,23,26). The van der Waals surface area contributed by atoms with Crippen molar-refractivity contribution < 1.29 is 28.3 Å². The van der Waals surface area contributed by atoms with E-state index in [4.69, 9.17) is 5.73 Å². The van der Waals surface area contributed by atoms with Gasteiger partial charge in [0.1, 0.15) is 11.6 Å². The number of aliphatic hydroxyl groups is 1. The average Bonchev–Trinajstić information content (AvgIpc) is 2.95. The van der Waals surface area contributed by atoms with Crippen molar-refractivity contribution in [3.05, 3.63) is 65.2 Å². The number of benzene rings is 2. The lowest BCUT2D eigenvalue weighted by atomic mass is 10.0. The summed E-state index contributed by atoms with van der Waals surface area (Å²) in [6.45, 7) is -0.222. The highest BCUT2D eigenvalue weighted by Gasteiger charge is 2.51. The van der Waals surface area contributed by atoms with Crippen molar-refractivity contribution in [3.8, 4) is 0 Å². The molecule has 1 atom stereocenters. The fourth-order valence-electron chi connectivity index (χ4n) is 3.03. The minimum absolute atomic E-state index is 0.0412. The third-order valence-corrected chi connectivity index (χ3v) is 4.49. The molecule has 2 aromatic carbocycles. The van der Waals surface area contributed by atoms with E-state index >= 15 is 0 Å². The van der Waals surface area contributed by atoms with Crippen LogP contribution < -0.4 is 16.0 Å². The maximum Gasteiger partial charge on any atom is 0.268 e. The first-order valence-electron chi connectivity index (χ1n) is 8.38. The molecule has 3 amide bonds.